The molecule has 0 saturated carbocycles. The fraction of sp³-hybridized carbons (Fsp3) is 0.286. The number of sulfonamides is 1. The number of halogens is 2. The third kappa shape index (κ3) is 8.21. The van der Waals surface area contributed by atoms with E-state index in [0.29, 0.717) is 0 Å². The lowest BCUT2D eigenvalue weighted by Crippen LogP contribution is -2.54. The van der Waals surface area contributed by atoms with E-state index in [9.17, 15) is 18.0 Å². The summed E-state index contributed by atoms with van der Waals surface area (Å²) in [5, 5.41) is 3.33. The molecular weight excluding hydrogens is 545 g/mol. The van der Waals surface area contributed by atoms with Gasteiger partial charge >= 0.3 is 0 Å². The molecule has 1 atom stereocenters. The predicted octanol–water partition coefficient (Wildman–Crippen LogP) is 4.92. The summed E-state index contributed by atoms with van der Waals surface area (Å²) in [5.74, 6) is -0.862. The SMILES string of the molecule is CC(C)NC(=O)C(Cc1ccccc1)N(Cc1ccccc1)C(=O)CN(c1ccc(Cl)c(Cl)c1)S(C)(=O)=O. The van der Waals surface area contributed by atoms with Crippen molar-refractivity contribution in [2.75, 3.05) is 17.1 Å². The van der Waals surface area contributed by atoms with Gasteiger partial charge in [0.2, 0.25) is 21.8 Å². The minimum Gasteiger partial charge on any atom is -0.352 e. The molecule has 3 aromatic rings. The van der Waals surface area contributed by atoms with Crippen LogP contribution < -0.4 is 9.62 Å². The number of carbonyl (C=O) groups excluding carboxylic acids is 2. The molecule has 3 aromatic carbocycles. The van der Waals surface area contributed by atoms with Crippen molar-refractivity contribution in [2.24, 2.45) is 0 Å². The molecule has 0 spiro atoms. The van der Waals surface area contributed by atoms with E-state index < -0.39 is 28.5 Å². The molecule has 2 amide bonds. The van der Waals surface area contributed by atoms with Gasteiger partial charge in [0, 0.05) is 19.0 Å². The summed E-state index contributed by atoms with van der Waals surface area (Å²) in [6.07, 6.45) is 1.26. The van der Waals surface area contributed by atoms with Crippen LogP contribution in [0.5, 0.6) is 0 Å². The topological polar surface area (TPSA) is 86.8 Å². The van der Waals surface area contributed by atoms with Gasteiger partial charge in [0.05, 0.1) is 22.0 Å². The van der Waals surface area contributed by atoms with Crippen molar-refractivity contribution in [2.45, 2.75) is 38.9 Å². The zero-order valence-electron chi connectivity index (χ0n) is 21.5. The first-order valence-corrected chi connectivity index (χ1v) is 14.7. The fourth-order valence-corrected chi connectivity index (χ4v) is 5.10. The van der Waals surface area contributed by atoms with Gasteiger partial charge in [-0.25, -0.2) is 8.42 Å². The first kappa shape index (κ1) is 29.5. The van der Waals surface area contributed by atoms with Crippen LogP contribution in [0.3, 0.4) is 0 Å². The average molecular weight is 577 g/mol. The van der Waals surface area contributed by atoms with Gasteiger partial charge in [-0.05, 0) is 43.2 Å². The highest BCUT2D eigenvalue weighted by Gasteiger charge is 2.33. The van der Waals surface area contributed by atoms with Gasteiger partial charge in [0.1, 0.15) is 12.6 Å². The van der Waals surface area contributed by atoms with Crippen LogP contribution in [0.2, 0.25) is 10.0 Å². The maximum atomic E-state index is 13.9. The molecule has 0 aliphatic rings. The van der Waals surface area contributed by atoms with Crippen LogP contribution in [-0.4, -0.2) is 50.0 Å². The minimum absolute atomic E-state index is 0.113. The zero-order chi connectivity index (χ0) is 27.9. The molecule has 0 aromatic heterocycles. The number of rotatable bonds is 11. The second kappa shape index (κ2) is 13.1. The smallest absolute Gasteiger partial charge is 0.244 e. The summed E-state index contributed by atoms with van der Waals surface area (Å²) in [6.45, 7) is 3.28. The maximum Gasteiger partial charge on any atom is 0.244 e. The number of hydrogen-bond acceptors (Lipinski definition) is 4. The minimum atomic E-state index is -3.89. The molecule has 0 radical (unpaired) electrons. The number of nitrogens with zero attached hydrogens (tertiary/aromatic N) is 2. The zero-order valence-corrected chi connectivity index (χ0v) is 23.8. The van der Waals surface area contributed by atoms with Crippen molar-refractivity contribution >= 4 is 50.7 Å². The third-order valence-corrected chi connectivity index (χ3v) is 7.65. The van der Waals surface area contributed by atoms with Gasteiger partial charge in [-0.3, -0.25) is 13.9 Å². The highest BCUT2D eigenvalue weighted by molar-refractivity contribution is 7.92. The van der Waals surface area contributed by atoms with Crippen LogP contribution in [0.4, 0.5) is 5.69 Å². The van der Waals surface area contributed by atoms with E-state index in [4.69, 9.17) is 23.2 Å². The van der Waals surface area contributed by atoms with Crippen LogP contribution in [0.1, 0.15) is 25.0 Å². The maximum absolute atomic E-state index is 13.9. The highest BCUT2D eigenvalue weighted by atomic mass is 35.5. The molecule has 0 bridgehead atoms. The van der Waals surface area contributed by atoms with Crippen LogP contribution in [-0.2, 0) is 32.6 Å². The van der Waals surface area contributed by atoms with E-state index in [1.54, 1.807) is 0 Å². The number of carbonyl (C=O) groups is 2. The molecule has 202 valence electrons. The molecule has 1 N–H and O–H groups in total. The molecule has 0 aliphatic heterocycles. The number of hydrogen-bond donors (Lipinski definition) is 1. The van der Waals surface area contributed by atoms with Gasteiger partial charge in [-0.1, -0.05) is 83.9 Å². The average Bonchev–Trinajstić information content (AvgIpc) is 2.86. The van der Waals surface area contributed by atoms with Crippen LogP contribution in [0, 0.1) is 0 Å². The van der Waals surface area contributed by atoms with Gasteiger partial charge in [0.15, 0.2) is 0 Å². The second-order valence-corrected chi connectivity index (χ2v) is 12.0. The van der Waals surface area contributed by atoms with E-state index in [0.717, 1.165) is 21.7 Å². The Morgan fingerprint density at radius 1 is 0.868 bits per heavy atom. The standard InChI is InChI=1S/C28H31Cl2N3O4S/c1-20(2)31-28(35)26(16-21-10-6-4-7-11-21)32(18-22-12-8-5-9-13-22)27(34)19-33(38(3,36)37)23-14-15-24(29)25(30)17-23/h4-15,17,20,26H,16,18-19H2,1-3H3,(H,31,35). The van der Waals surface area contributed by atoms with Crippen molar-refractivity contribution < 1.29 is 18.0 Å². The molecule has 0 aliphatic carbocycles. The van der Waals surface area contributed by atoms with Crippen molar-refractivity contribution in [3.8, 4) is 0 Å². The lowest BCUT2D eigenvalue weighted by Gasteiger charge is -2.34. The third-order valence-electron chi connectivity index (χ3n) is 5.77. The largest absolute Gasteiger partial charge is 0.352 e. The number of nitrogens with one attached hydrogen (secondary N) is 1. The summed E-state index contributed by atoms with van der Waals surface area (Å²) in [7, 11) is -3.89. The Balaban J connectivity index is 2.04. The Bertz CT molecular complexity index is 1350. The van der Waals surface area contributed by atoms with E-state index in [-0.39, 0.29) is 40.6 Å². The lowest BCUT2D eigenvalue weighted by atomic mass is 10.0. The Labute approximate surface area is 234 Å². The van der Waals surface area contributed by atoms with Crippen LogP contribution in [0.15, 0.2) is 78.9 Å². The monoisotopic (exact) mass is 575 g/mol. The van der Waals surface area contributed by atoms with E-state index in [1.807, 2.05) is 74.5 Å². The first-order chi connectivity index (χ1) is 18.0. The molecule has 10 heteroatoms. The van der Waals surface area contributed by atoms with Gasteiger partial charge in [-0.15, -0.1) is 0 Å². The summed E-state index contributed by atoms with van der Waals surface area (Å²) >= 11 is 12.2. The van der Waals surface area contributed by atoms with Crippen molar-refractivity contribution in [3.05, 3.63) is 100 Å². The van der Waals surface area contributed by atoms with E-state index in [1.165, 1.54) is 23.1 Å². The molecule has 0 fully saturated rings. The number of benzene rings is 3. The van der Waals surface area contributed by atoms with Crippen molar-refractivity contribution in [3.63, 3.8) is 0 Å². The summed E-state index contributed by atoms with van der Waals surface area (Å²) in [4.78, 5) is 28.8. The predicted molar refractivity (Wildman–Crippen MR) is 153 cm³/mol. The van der Waals surface area contributed by atoms with Gasteiger partial charge < -0.3 is 10.2 Å². The summed E-state index contributed by atoms with van der Waals surface area (Å²) < 4.78 is 26.5. The summed E-state index contributed by atoms with van der Waals surface area (Å²) in [6, 6.07) is 22.0. The van der Waals surface area contributed by atoms with Gasteiger partial charge in [-0.2, -0.15) is 0 Å². The first-order valence-electron chi connectivity index (χ1n) is 12.1. The lowest BCUT2D eigenvalue weighted by molar-refractivity contribution is -0.140. The Hall–Kier alpha value is -3.07. The van der Waals surface area contributed by atoms with Gasteiger partial charge in [0.25, 0.3) is 0 Å². The quantitative estimate of drug-likeness (QED) is 0.351. The van der Waals surface area contributed by atoms with Crippen LogP contribution in [0.25, 0.3) is 0 Å². The Morgan fingerprint density at radius 3 is 1.97 bits per heavy atom. The normalized spacial score (nSPS) is 12.2. The number of anilines is 1. The molecule has 3 rings (SSSR count). The molecule has 7 nitrogen and oxygen atoms in total. The molecule has 1 unspecified atom stereocenters. The van der Waals surface area contributed by atoms with E-state index in [2.05, 4.69) is 5.32 Å². The molecule has 38 heavy (non-hydrogen) atoms. The Kier molecular flexibility index (Phi) is 10.2. The Morgan fingerprint density at radius 2 is 1.45 bits per heavy atom. The van der Waals surface area contributed by atoms with Crippen LogP contribution >= 0.6 is 23.2 Å². The summed E-state index contributed by atoms with van der Waals surface area (Å²) in [5.41, 5.74) is 1.87. The molecule has 0 saturated heterocycles. The second-order valence-electron chi connectivity index (χ2n) is 9.24. The van der Waals surface area contributed by atoms with Crippen molar-refractivity contribution in [1.82, 2.24) is 10.2 Å². The molecular formula is C28H31Cl2N3O4S. The fourth-order valence-electron chi connectivity index (χ4n) is 3.97. The van der Waals surface area contributed by atoms with E-state index >= 15 is 0 Å². The highest BCUT2D eigenvalue weighted by Crippen LogP contribution is 2.28. The number of amides is 2. The molecule has 0 heterocycles. The van der Waals surface area contributed by atoms with Crippen molar-refractivity contribution in [1.29, 1.82) is 0 Å².